The van der Waals surface area contributed by atoms with Crippen LogP contribution in [0.15, 0.2) is 0 Å². The second kappa shape index (κ2) is 4.49. The number of hydrogen-bond acceptors (Lipinski definition) is 4. The molecule has 0 aliphatic rings. The molecule has 0 bridgehead atoms. The van der Waals surface area contributed by atoms with Crippen molar-refractivity contribution in [1.82, 2.24) is 0 Å². The van der Waals surface area contributed by atoms with Crippen LogP contribution in [0.4, 0.5) is 0 Å². The van der Waals surface area contributed by atoms with Crippen molar-refractivity contribution in [1.29, 1.82) is 0 Å². The molecule has 4 heteroatoms. The van der Waals surface area contributed by atoms with Gasteiger partial charge in [-0.1, -0.05) is 20.8 Å². The summed E-state index contributed by atoms with van der Waals surface area (Å²) in [6.45, 7) is 10.4. The van der Waals surface area contributed by atoms with E-state index in [1.807, 2.05) is 0 Å². The van der Waals surface area contributed by atoms with Gasteiger partial charge in [-0.2, -0.15) is 0 Å². The Morgan fingerprint density at radius 3 is 1.73 bits per heavy atom. The van der Waals surface area contributed by atoms with E-state index in [4.69, 9.17) is 4.74 Å². The minimum absolute atomic E-state index is 0.559. The van der Waals surface area contributed by atoms with Gasteiger partial charge in [-0.25, -0.2) is 4.79 Å². The molecule has 0 heterocycles. The van der Waals surface area contributed by atoms with Crippen LogP contribution in [0.2, 0.25) is 0 Å². The van der Waals surface area contributed by atoms with Gasteiger partial charge in [0.25, 0.3) is 0 Å². The van der Waals surface area contributed by atoms with Crippen LogP contribution in [0.25, 0.3) is 0 Å². The number of esters is 1. The Labute approximate surface area is 91.3 Å². The minimum Gasteiger partial charge on any atom is -0.458 e. The van der Waals surface area contributed by atoms with Gasteiger partial charge in [0, 0.05) is 0 Å². The van der Waals surface area contributed by atoms with E-state index >= 15 is 0 Å². The van der Waals surface area contributed by atoms with E-state index in [0.29, 0.717) is 0 Å². The molecule has 0 saturated heterocycles. The van der Waals surface area contributed by atoms with Gasteiger partial charge >= 0.3 is 5.97 Å². The van der Waals surface area contributed by atoms with E-state index in [1.54, 1.807) is 41.5 Å². The Bertz CT molecular complexity index is 222. The second-order valence-electron chi connectivity index (χ2n) is 5.79. The maximum absolute atomic E-state index is 11.4. The Kier molecular flexibility index (Phi) is 4.31. The molecule has 0 fully saturated rings. The molecule has 0 aromatic carbocycles. The van der Waals surface area contributed by atoms with Crippen molar-refractivity contribution in [2.45, 2.75) is 59.4 Å². The third-order valence-corrected chi connectivity index (χ3v) is 1.83. The van der Waals surface area contributed by atoms with E-state index in [0.717, 1.165) is 0 Å². The van der Waals surface area contributed by atoms with Gasteiger partial charge in [-0.05, 0) is 26.2 Å². The first-order valence-electron chi connectivity index (χ1n) is 5.04. The lowest BCUT2D eigenvalue weighted by Crippen LogP contribution is -2.45. The lowest BCUT2D eigenvalue weighted by molar-refractivity contribution is -0.175. The first-order chi connectivity index (χ1) is 6.45. The molecule has 0 radical (unpaired) electrons. The summed E-state index contributed by atoms with van der Waals surface area (Å²) in [6, 6.07) is 0. The molecule has 2 N–H and O–H groups in total. The summed E-state index contributed by atoms with van der Waals surface area (Å²) in [6.07, 6.45) is -2.63. The summed E-state index contributed by atoms with van der Waals surface area (Å²) in [5, 5.41) is 19.2. The second-order valence-corrected chi connectivity index (χ2v) is 5.79. The molecule has 15 heavy (non-hydrogen) atoms. The van der Waals surface area contributed by atoms with Gasteiger partial charge in [-0.3, -0.25) is 0 Å². The number of aliphatic hydroxyl groups is 2. The number of aliphatic hydroxyl groups excluding tert-OH is 2. The summed E-state index contributed by atoms with van der Waals surface area (Å²) in [7, 11) is 0. The van der Waals surface area contributed by atoms with Crippen molar-refractivity contribution < 1.29 is 19.7 Å². The number of carbonyl (C=O) groups excluding carboxylic acids is 1. The summed E-state index contributed by atoms with van der Waals surface area (Å²) >= 11 is 0. The van der Waals surface area contributed by atoms with Gasteiger partial charge in [0.2, 0.25) is 0 Å². The fourth-order valence-electron chi connectivity index (χ4n) is 0.965. The van der Waals surface area contributed by atoms with Crippen LogP contribution in [0.1, 0.15) is 41.5 Å². The van der Waals surface area contributed by atoms with Crippen LogP contribution in [-0.4, -0.2) is 34.0 Å². The molecule has 0 spiro atoms. The van der Waals surface area contributed by atoms with Crippen LogP contribution in [-0.2, 0) is 9.53 Å². The lowest BCUT2D eigenvalue weighted by atomic mass is 9.86. The largest absolute Gasteiger partial charge is 0.458 e. The fraction of sp³-hybridized carbons (Fsp3) is 0.909. The highest BCUT2D eigenvalue weighted by Crippen LogP contribution is 2.23. The molecule has 90 valence electrons. The molecular weight excluding hydrogens is 196 g/mol. The van der Waals surface area contributed by atoms with Crippen molar-refractivity contribution in [3.63, 3.8) is 0 Å². The van der Waals surface area contributed by atoms with E-state index in [2.05, 4.69) is 0 Å². The fourth-order valence-corrected chi connectivity index (χ4v) is 0.965. The molecule has 2 atom stereocenters. The van der Waals surface area contributed by atoms with Crippen LogP contribution < -0.4 is 0 Å². The molecule has 0 aromatic heterocycles. The average Bonchev–Trinajstić information content (AvgIpc) is 1.96. The monoisotopic (exact) mass is 218 g/mol. The molecule has 0 amide bonds. The molecule has 4 nitrogen and oxygen atoms in total. The minimum atomic E-state index is -1.50. The van der Waals surface area contributed by atoms with Gasteiger partial charge < -0.3 is 14.9 Å². The van der Waals surface area contributed by atoms with E-state index in [1.165, 1.54) is 0 Å². The van der Waals surface area contributed by atoms with E-state index < -0.39 is 29.2 Å². The van der Waals surface area contributed by atoms with Crippen molar-refractivity contribution in [2.24, 2.45) is 5.41 Å². The Morgan fingerprint density at radius 2 is 1.47 bits per heavy atom. The van der Waals surface area contributed by atoms with E-state index in [9.17, 15) is 15.0 Å². The molecule has 0 unspecified atom stereocenters. The number of ether oxygens (including phenoxy) is 1. The Hall–Kier alpha value is -0.610. The summed E-state index contributed by atoms with van der Waals surface area (Å²) < 4.78 is 4.97. The van der Waals surface area contributed by atoms with E-state index in [-0.39, 0.29) is 0 Å². The highest BCUT2D eigenvalue weighted by molar-refractivity contribution is 5.75. The Morgan fingerprint density at radius 1 is 1.07 bits per heavy atom. The van der Waals surface area contributed by atoms with Crippen LogP contribution in [0.5, 0.6) is 0 Å². The van der Waals surface area contributed by atoms with Gasteiger partial charge in [0.15, 0.2) is 6.10 Å². The van der Waals surface area contributed by atoms with Crippen molar-refractivity contribution in [3.8, 4) is 0 Å². The van der Waals surface area contributed by atoms with Crippen LogP contribution >= 0.6 is 0 Å². The summed E-state index contributed by atoms with van der Waals surface area (Å²) in [5.41, 5.74) is -1.22. The SMILES string of the molecule is CC(C)(C)OC(=O)[C@@H](O)[C@@H](O)C(C)(C)C. The molecule has 0 aromatic rings. The number of hydrogen-bond donors (Lipinski definition) is 2. The first-order valence-corrected chi connectivity index (χ1v) is 5.04. The quantitative estimate of drug-likeness (QED) is 0.681. The molecule has 0 saturated carbocycles. The van der Waals surface area contributed by atoms with Gasteiger partial charge in [0.05, 0.1) is 6.10 Å². The highest BCUT2D eigenvalue weighted by atomic mass is 16.6. The molecule has 0 rings (SSSR count). The van der Waals surface area contributed by atoms with Crippen molar-refractivity contribution in [2.75, 3.05) is 0 Å². The lowest BCUT2D eigenvalue weighted by Gasteiger charge is -2.30. The Balaban J connectivity index is 4.46. The zero-order valence-corrected chi connectivity index (χ0v) is 10.4. The maximum atomic E-state index is 11.4. The topological polar surface area (TPSA) is 66.8 Å². The first kappa shape index (κ1) is 14.4. The standard InChI is InChI=1S/C11H22O4/c1-10(2,3)8(13)7(12)9(14)15-11(4,5)6/h7-8,12-13H,1-6H3/t7-,8+/m0/s1. The zero-order valence-electron chi connectivity index (χ0n) is 10.4. The van der Waals surface area contributed by atoms with Crippen molar-refractivity contribution >= 4 is 5.97 Å². The third-order valence-electron chi connectivity index (χ3n) is 1.83. The maximum Gasteiger partial charge on any atom is 0.338 e. The van der Waals surface area contributed by atoms with Gasteiger partial charge in [-0.15, -0.1) is 0 Å². The third kappa shape index (κ3) is 5.14. The molecule has 0 aliphatic heterocycles. The predicted molar refractivity (Wildman–Crippen MR) is 57.3 cm³/mol. The van der Waals surface area contributed by atoms with Crippen LogP contribution in [0.3, 0.4) is 0 Å². The molecular formula is C11H22O4. The van der Waals surface area contributed by atoms with Crippen molar-refractivity contribution in [3.05, 3.63) is 0 Å². The number of carbonyl (C=O) groups is 1. The zero-order chi connectivity index (χ0) is 12.4. The average molecular weight is 218 g/mol. The highest BCUT2D eigenvalue weighted by Gasteiger charge is 2.36. The summed E-state index contributed by atoms with van der Waals surface area (Å²) in [5.74, 6) is -0.787. The van der Waals surface area contributed by atoms with Crippen LogP contribution in [0, 0.1) is 5.41 Å². The van der Waals surface area contributed by atoms with Gasteiger partial charge in [0.1, 0.15) is 5.60 Å². The predicted octanol–water partition coefficient (Wildman–Crippen LogP) is 1.10. The smallest absolute Gasteiger partial charge is 0.338 e. The summed E-state index contributed by atoms with van der Waals surface area (Å²) in [4.78, 5) is 11.4. The number of rotatable bonds is 2. The molecule has 0 aliphatic carbocycles. The normalized spacial score (nSPS) is 17.1.